The molecule has 0 aliphatic carbocycles. The van der Waals surface area contributed by atoms with Gasteiger partial charge in [0.25, 0.3) is 0 Å². The van der Waals surface area contributed by atoms with Crippen LogP contribution in [0.2, 0.25) is 0 Å². The zero-order valence-electron chi connectivity index (χ0n) is 39.3. The first-order valence-electron chi connectivity index (χ1n) is 24.8. The number of phosphoric ester groups is 1. The number of rotatable bonds is 45. The third-order valence-electron chi connectivity index (χ3n) is 11.1. The number of likely N-dealkylation sites (N-methyl/N-ethyl adjacent to an activating group) is 1. The standard InChI is InChI=1S/C50H92NO8P/c1-5-7-9-11-13-15-17-19-21-23-25-27-29-31-36-40-49(52)55-45-48(46-58-60(54,56-43-42-51(3)4)57-44-47-38-34-33-35-39-47)59-50(53)41-37-32-30-28-26-24-22-20-18-16-14-12-10-8-6-2/h33-35,38-39,48H,5-32,36-37,40-46H2,1-4H3/t48-,60?/m0/s1. The zero-order valence-corrected chi connectivity index (χ0v) is 40.2. The number of phosphoric acid groups is 1. The summed E-state index contributed by atoms with van der Waals surface area (Å²) in [4.78, 5) is 27.6. The van der Waals surface area contributed by atoms with Gasteiger partial charge in [0.05, 0.1) is 19.8 Å². The van der Waals surface area contributed by atoms with Gasteiger partial charge in [0, 0.05) is 19.4 Å². The van der Waals surface area contributed by atoms with Gasteiger partial charge in [-0.3, -0.25) is 23.2 Å². The lowest BCUT2D eigenvalue weighted by atomic mass is 10.0. The smallest absolute Gasteiger partial charge is 0.462 e. The van der Waals surface area contributed by atoms with Crippen LogP contribution in [0.25, 0.3) is 0 Å². The summed E-state index contributed by atoms with van der Waals surface area (Å²) in [5.74, 6) is -0.718. The van der Waals surface area contributed by atoms with E-state index in [1.54, 1.807) is 0 Å². The van der Waals surface area contributed by atoms with Gasteiger partial charge in [-0.25, -0.2) is 4.57 Å². The number of nitrogens with zero attached hydrogens (tertiary/aromatic N) is 1. The van der Waals surface area contributed by atoms with E-state index in [9.17, 15) is 14.2 Å². The molecular formula is C50H92NO8P. The number of esters is 2. The SMILES string of the molecule is CCCCCCCCCCCCCCCCCC(=O)OC[C@@H](COP(=O)(OCCN(C)C)OCc1ccccc1)OC(=O)CCCCCCCCCCCCCCCCC. The first kappa shape index (κ1) is 56.2. The Hall–Kier alpha value is -1.77. The monoisotopic (exact) mass is 866 g/mol. The van der Waals surface area contributed by atoms with Crippen LogP contribution in [-0.2, 0) is 43.8 Å². The van der Waals surface area contributed by atoms with E-state index in [0.29, 0.717) is 13.0 Å². The molecule has 0 saturated carbocycles. The van der Waals surface area contributed by atoms with Crippen LogP contribution in [0.15, 0.2) is 30.3 Å². The van der Waals surface area contributed by atoms with Crippen molar-refractivity contribution in [3.05, 3.63) is 35.9 Å². The Kier molecular flexibility index (Phi) is 38.7. The second-order valence-corrected chi connectivity index (χ2v) is 19.0. The number of carbonyl (C=O) groups excluding carboxylic acids is 2. The molecule has 2 atom stereocenters. The molecule has 0 heterocycles. The van der Waals surface area contributed by atoms with E-state index in [1.165, 1.54) is 154 Å². The van der Waals surface area contributed by atoms with Crippen LogP contribution in [0.1, 0.15) is 225 Å². The largest absolute Gasteiger partial charge is 0.475 e. The minimum atomic E-state index is -4.04. The van der Waals surface area contributed by atoms with Crippen molar-refractivity contribution in [2.75, 3.05) is 40.5 Å². The highest BCUT2D eigenvalue weighted by molar-refractivity contribution is 7.48. The Labute approximate surface area is 369 Å². The second kappa shape index (κ2) is 41.3. The highest BCUT2D eigenvalue weighted by Gasteiger charge is 2.30. The molecule has 0 radical (unpaired) electrons. The van der Waals surface area contributed by atoms with Crippen LogP contribution in [0.4, 0.5) is 0 Å². The number of unbranched alkanes of at least 4 members (excludes halogenated alkanes) is 28. The van der Waals surface area contributed by atoms with E-state index in [0.717, 1.165) is 44.1 Å². The zero-order chi connectivity index (χ0) is 43.6. The Morgan fingerprint density at radius 1 is 0.517 bits per heavy atom. The Morgan fingerprint density at radius 2 is 0.917 bits per heavy atom. The van der Waals surface area contributed by atoms with Gasteiger partial charge in [-0.05, 0) is 32.5 Å². The molecule has 1 rings (SSSR count). The topological polar surface area (TPSA) is 101 Å². The fraction of sp³-hybridized carbons (Fsp3) is 0.840. The lowest BCUT2D eigenvalue weighted by Gasteiger charge is -2.23. The van der Waals surface area contributed by atoms with Crippen molar-refractivity contribution in [2.24, 2.45) is 0 Å². The van der Waals surface area contributed by atoms with Crippen LogP contribution >= 0.6 is 7.82 Å². The first-order chi connectivity index (χ1) is 29.3. The van der Waals surface area contributed by atoms with Crippen LogP contribution in [0.3, 0.4) is 0 Å². The molecule has 0 aliphatic heterocycles. The van der Waals surface area contributed by atoms with Gasteiger partial charge in [0.1, 0.15) is 6.61 Å². The van der Waals surface area contributed by atoms with Gasteiger partial charge in [-0.2, -0.15) is 0 Å². The lowest BCUT2D eigenvalue weighted by molar-refractivity contribution is -0.161. The van der Waals surface area contributed by atoms with Crippen LogP contribution in [0, 0.1) is 0 Å². The van der Waals surface area contributed by atoms with Crippen molar-refractivity contribution in [1.82, 2.24) is 4.90 Å². The van der Waals surface area contributed by atoms with Crippen molar-refractivity contribution in [3.63, 3.8) is 0 Å². The van der Waals surface area contributed by atoms with Crippen molar-refractivity contribution < 1.29 is 37.2 Å². The molecule has 0 spiro atoms. The van der Waals surface area contributed by atoms with Crippen molar-refractivity contribution in [1.29, 1.82) is 0 Å². The van der Waals surface area contributed by atoms with Gasteiger partial charge in [0.15, 0.2) is 6.10 Å². The molecule has 9 nitrogen and oxygen atoms in total. The Morgan fingerprint density at radius 3 is 1.33 bits per heavy atom. The molecule has 1 aromatic rings. The van der Waals surface area contributed by atoms with Gasteiger partial charge in [-0.1, -0.05) is 224 Å². The Bertz CT molecular complexity index is 1150. The summed E-state index contributed by atoms with van der Waals surface area (Å²) in [6.45, 7) is 4.72. The summed E-state index contributed by atoms with van der Waals surface area (Å²) in [5.41, 5.74) is 0.816. The maximum absolute atomic E-state index is 13.8. The van der Waals surface area contributed by atoms with Crippen molar-refractivity contribution in [3.8, 4) is 0 Å². The molecule has 0 amide bonds. The third-order valence-corrected chi connectivity index (χ3v) is 12.5. The van der Waals surface area contributed by atoms with Crippen LogP contribution in [-0.4, -0.2) is 63.4 Å². The van der Waals surface area contributed by atoms with E-state index in [2.05, 4.69) is 13.8 Å². The van der Waals surface area contributed by atoms with Gasteiger partial charge >= 0.3 is 19.8 Å². The first-order valence-corrected chi connectivity index (χ1v) is 26.3. The van der Waals surface area contributed by atoms with E-state index < -0.39 is 13.9 Å². The van der Waals surface area contributed by atoms with Crippen LogP contribution in [0.5, 0.6) is 0 Å². The molecular weight excluding hydrogens is 774 g/mol. The summed E-state index contributed by atoms with van der Waals surface area (Å²) in [5, 5.41) is 0. The van der Waals surface area contributed by atoms with Gasteiger partial charge in [-0.15, -0.1) is 0 Å². The summed E-state index contributed by atoms with van der Waals surface area (Å²) < 4.78 is 42.3. The fourth-order valence-corrected chi connectivity index (χ4v) is 8.43. The number of hydrogen-bond donors (Lipinski definition) is 0. The molecule has 0 bridgehead atoms. The average molecular weight is 866 g/mol. The maximum atomic E-state index is 13.8. The average Bonchev–Trinajstić information content (AvgIpc) is 3.24. The van der Waals surface area contributed by atoms with E-state index in [4.69, 9.17) is 23.0 Å². The van der Waals surface area contributed by atoms with E-state index in [-0.39, 0.29) is 44.8 Å². The molecule has 0 N–H and O–H groups in total. The normalized spacial score (nSPS) is 13.1. The van der Waals surface area contributed by atoms with Crippen molar-refractivity contribution >= 4 is 19.8 Å². The van der Waals surface area contributed by atoms with Crippen molar-refractivity contribution in [2.45, 2.75) is 232 Å². The molecule has 60 heavy (non-hydrogen) atoms. The minimum Gasteiger partial charge on any atom is -0.462 e. The van der Waals surface area contributed by atoms with Crippen LogP contribution < -0.4 is 0 Å². The highest BCUT2D eigenvalue weighted by atomic mass is 31.2. The maximum Gasteiger partial charge on any atom is 0.475 e. The summed E-state index contributed by atoms with van der Waals surface area (Å²) in [6, 6.07) is 9.38. The highest BCUT2D eigenvalue weighted by Crippen LogP contribution is 2.50. The molecule has 1 unspecified atom stereocenters. The lowest BCUT2D eigenvalue weighted by Crippen LogP contribution is -2.30. The summed E-state index contributed by atoms with van der Waals surface area (Å²) in [7, 11) is -0.263. The fourth-order valence-electron chi connectivity index (χ4n) is 7.25. The molecule has 10 heteroatoms. The quantitative estimate of drug-likeness (QED) is 0.0360. The van der Waals surface area contributed by atoms with E-state index in [1.807, 2.05) is 49.3 Å². The molecule has 350 valence electrons. The minimum absolute atomic E-state index is 0.0258. The Balaban J connectivity index is 2.48. The van der Waals surface area contributed by atoms with E-state index >= 15 is 0 Å². The molecule has 0 saturated heterocycles. The molecule has 1 aromatic carbocycles. The predicted octanol–water partition coefficient (Wildman–Crippen LogP) is 14.9. The second-order valence-electron chi connectivity index (χ2n) is 17.3. The molecule has 0 aromatic heterocycles. The summed E-state index contributed by atoms with van der Waals surface area (Å²) >= 11 is 0. The number of hydrogen-bond acceptors (Lipinski definition) is 9. The number of ether oxygens (including phenoxy) is 2. The van der Waals surface area contributed by atoms with Gasteiger partial charge < -0.3 is 14.4 Å². The third kappa shape index (κ3) is 36.8. The predicted molar refractivity (Wildman–Crippen MR) is 249 cm³/mol. The molecule has 0 aliphatic rings. The number of benzene rings is 1. The molecule has 0 fully saturated rings. The summed E-state index contributed by atoms with van der Waals surface area (Å²) in [6.07, 6.45) is 37.3. The number of carbonyl (C=O) groups is 2. The van der Waals surface area contributed by atoms with Gasteiger partial charge in [0.2, 0.25) is 0 Å².